The van der Waals surface area contributed by atoms with Crippen molar-refractivity contribution in [3.63, 3.8) is 0 Å². The van der Waals surface area contributed by atoms with Gasteiger partial charge in [0.05, 0.1) is 18.1 Å². The highest BCUT2D eigenvalue weighted by atomic mass is 32.2. The van der Waals surface area contributed by atoms with E-state index in [2.05, 4.69) is 0 Å². The Labute approximate surface area is 115 Å². The third-order valence-electron chi connectivity index (χ3n) is 2.86. The minimum absolute atomic E-state index is 0.000974. The minimum atomic E-state index is -3.07. The van der Waals surface area contributed by atoms with Gasteiger partial charge >= 0.3 is 0 Å². The molecule has 0 aromatic heterocycles. The van der Waals surface area contributed by atoms with Gasteiger partial charge in [0.25, 0.3) is 0 Å². The molecule has 2 N–H and O–H groups in total. The molecular weight excluding hydrogens is 262 g/mol. The first-order valence-electron chi connectivity index (χ1n) is 6.67. The van der Waals surface area contributed by atoms with Crippen molar-refractivity contribution in [2.24, 2.45) is 5.73 Å². The van der Waals surface area contributed by atoms with Crippen LogP contribution >= 0.6 is 0 Å². The molecule has 0 spiro atoms. The molecule has 19 heavy (non-hydrogen) atoms. The van der Waals surface area contributed by atoms with Crippen molar-refractivity contribution in [1.82, 2.24) is 0 Å². The van der Waals surface area contributed by atoms with Crippen molar-refractivity contribution < 1.29 is 13.2 Å². The van der Waals surface area contributed by atoms with Crippen LogP contribution in [0.15, 0.2) is 24.3 Å². The van der Waals surface area contributed by atoms with Crippen LogP contribution in [0, 0.1) is 0 Å². The molecule has 1 unspecified atom stereocenters. The number of hydrogen-bond donors (Lipinski definition) is 1. The van der Waals surface area contributed by atoms with Crippen LogP contribution in [0.2, 0.25) is 0 Å². The summed E-state index contributed by atoms with van der Waals surface area (Å²) < 4.78 is 29.0. The van der Waals surface area contributed by atoms with E-state index in [1.54, 1.807) is 0 Å². The first kappa shape index (κ1) is 16.0. The van der Waals surface area contributed by atoms with Crippen molar-refractivity contribution in [2.45, 2.75) is 32.7 Å². The van der Waals surface area contributed by atoms with Gasteiger partial charge in [-0.2, -0.15) is 0 Å². The van der Waals surface area contributed by atoms with Crippen molar-refractivity contribution in [2.75, 3.05) is 18.1 Å². The van der Waals surface area contributed by atoms with Crippen molar-refractivity contribution in [1.29, 1.82) is 0 Å². The third kappa shape index (κ3) is 5.61. The molecule has 0 heterocycles. The second-order valence-corrected chi connectivity index (χ2v) is 6.81. The van der Waals surface area contributed by atoms with E-state index in [-0.39, 0.29) is 11.5 Å². The van der Waals surface area contributed by atoms with Crippen molar-refractivity contribution in [3.8, 4) is 5.75 Å². The molecule has 0 aliphatic carbocycles. The quantitative estimate of drug-likeness (QED) is 0.795. The fraction of sp³-hybridized carbons (Fsp3) is 0.571. The van der Waals surface area contributed by atoms with E-state index in [9.17, 15) is 8.42 Å². The number of rotatable bonds is 8. The van der Waals surface area contributed by atoms with Crippen LogP contribution in [0.5, 0.6) is 5.75 Å². The summed E-state index contributed by atoms with van der Waals surface area (Å²) in [4.78, 5) is 0. The standard InChI is InChI=1S/C14H23NO3S/c1-3-5-10-19(16,17)11-14(15)12-6-8-13(9-7-12)18-4-2/h6-9,14H,3-5,10-11,15H2,1-2H3. The van der Waals surface area contributed by atoms with Crippen LogP contribution in [0.4, 0.5) is 0 Å². The zero-order chi connectivity index (χ0) is 14.3. The average Bonchev–Trinajstić information content (AvgIpc) is 2.37. The number of nitrogens with two attached hydrogens (primary N) is 1. The molecule has 4 nitrogen and oxygen atoms in total. The molecule has 1 rings (SSSR count). The van der Waals surface area contributed by atoms with Crippen molar-refractivity contribution in [3.05, 3.63) is 29.8 Å². The van der Waals surface area contributed by atoms with Gasteiger partial charge in [-0.05, 0) is 31.0 Å². The summed E-state index contributed by atoms with van der Waals surface area (Å²) in [6.45, 7) is 4.50. The maximum atomic E-state index is 11.8. The lowest BCUT2D eigenvalue weighted by molar-refractivity contribution is 0.340. The van der Waals surface area contributed by atoms with Gasteiger partial charge in [-0.1, -0.05) is 25.5 Å². The lowest BCUT2D eigenvalue weighted by Crippen LogP contribution is -2.23. The summed E-state index contributed by atoms with van der Waals surface area (Å²) in [6, 6.07) is 6.81. The first-order valence-corrected chi connectivity index (χ1v) is 8.49. The molecule has 0 radical (unpaired) electrons. The zero-order valence-corrected chi connectivity index (χ0v) is 12.4. The van der Waals surface area contributed by atoms with Gasteiger partial charge in [0.1, 0.15) is 5.75 Å². The molecule has 1 aromatic rings. The van der Waals surface area contributed by atoms with Crippen LogP contribution in [0.3, 0.4) is 0 Å². The largest absolute Gasteiger partial charge is 0.494 e. The first-order chi connectivity index (χ1) is 8.98. The summed E-state index contributed by atoms with van der Waals surface area (Å²) >= 11 is 0. The van der Waals surface area contributed by atoms with Gasteiger partial charge in [0.2, 0.25) is 0 Å². The smallest absolute Gasteiger partial charge is 0.152 e. The number of benzene rings is 1. The van der Waals surface area contributed by atoms with E-state index in [4.69, 9.17) is 10.5 Å². The topological polar surface area (TPSA) is 69.4 Å². The molecule has 0 fully saturated rings. The van der Waals surface area contributed by atoms with Gasteiger partial charge in [-0.15, -0.1) is 0 Å². The van der Waals surface area contributed by atoms with Gasteiger partial charge in [-0.25, -0.2) is 8.42 Å². The van der Waals surface area contributed by atoms with Gasteiger partial charge in [0, 0.05) is 6.04 Å². The van der Waals surface area contributed by atoms with E-state index in [1.165, 1.54) is 0 Å². The SMILES string of the molecule is CCCCS(=O)(=O)CC(N)c1ccc(OCC)cc1. The molecule has 0 aliphatic heterocycles. The summed E-state index contributed by atoms with van der Waals surface area (Å²) in [5.41, 5.74) is 6.78. The van der Waals surface area contributed by atoms with E-state index in [1.807, 2.05) is 38.1 Å². The number of unbranched alkanes of at least 4 members (excludes halogenated alkanes) is 1. The summed E-state index contributed by atoms with van der Waals surface area (Å²) in [7, 11) is -3.07. The summed E-state index contributed by atoms with van der Waals surface area (Å²) in [5.74, 6) is 0.988. The lowest BCUT2D eigenvalue weighted by Gasteiger charge is -2.13. The molecule has 1 aromatic carbocycles. The Morgan fingerprint density at radius 2 is 1.84 bits per heavy atom. The lowest BCUT2D eigenvalue weighted by atomic mass is 10.1. The van der Waals surface area contributed by atoms with Crippen LogP contribution in [-0.2, 0) is 9.84 Å². The second kappa shape index (κ2) is 7.50. The Kier molecular flexibility index (Phi) is 6.31. The second-order valence-electron chi connectivity index (χ2n) is 4.58. The van der Waals surface area contributed by atoms with Gasteiger partial charge < -0.3 is 10.5 Å². The van der Waals surface area contributed by atoms with Crippen LogP contribution < -0.4 is 10.5 Å². The molecule has 0 saturated carbocycles. The van der Waals surface area contributed by atoms with E-state index < -0.39 is 15.9 Å². The fourth-order valence-corrected chi connectivity index (χ4v) is 3.43. The zero-order valence-electron chi connectivity index (χ0n) is 11.6. The Morgan fingerprint density at radius 1 is 1.21 bits per heavy atom. The minimum Gasteiger partial charge on any atom is -0.494 e. The van der Waals surface area contributed by atoms with Crippen LogP contribution in [0.1, 0.15) is 38.3 Å². The Morgan fingerprint density at radius 3 is 2.37 bits per heavy atom. The fourth-order valence-electron chi connectivity index (χ4n) is 1.80. The molecule has 1 atom stereocenters. The molecule has 5 heteroatoms. The maximum Gasteiger partial charge on any atom is 0.152 e. The van der Waals surface area contributed by atoms with Crippen LogP contribution in [0.25, 0.3) is 0 Å². The Bertz CT molecular complexity index is 468. The number of sulfone groups is 1. The molecule has 0 amide bonds. The van der Waals surface area contributed by atoms with Gasteiger partial charge in [0.15, 0.2) is 9.84 Å². The molecule has 108 valence electrons. The summed E-state index contributed by atoms with van der Waals surface area (Å²) in [6.07, 6.45) is 1.57. The van der Waals surface area contributed by atoms with Crippen LogP contribution in [-0.4, -0.2) is 26.5 Å². The highest BCUT2D eigenvalue weighted by molar-refractivity contribution is 7.91. The summed E-state index contributed by atoms with van der Waals surface area (Å²) in [5, 5.41) is 0. The average molecular weight is 285 g/mol. The predicted octanol–water partition coefficient (Wildman–Crippen LogP) is 2.30. The monoisotopic (exact) mass is 285 g/mol. The molecule has 0 aliphatic rings. The molecule has 0 bridgehead atoms. The van der Waals surface area contributed by atoms with Crippen molar-refractivity contribution >= 4 is 9.84 Å². The van der Waals surface area contributed by atoms with E-state index >= 15 is 0 Å². The molecular formula is C14H23NO3S. The Hall–Kier alpha value is -1.07. The van der Waals surface area contributed by atoms with E-state index in [0.717, 1.165) is 17.7 Å². The Balaban J connectivity index is 2.64. The van der Waals surface area contributed by atoms with Gasteiger partial charge in [-0.3, -0.25) is 0 Å². The normalized spacial score (nSPS) is 13.2. The highest BCUT2D eigenvalue weighted by Gasteiger charge is 2.17. The third-order valence-corrected chi connectivity index (χ3v) is 4.64. The highest BCUT2D eigenvalue weighted by Crippen LogP contribution is 2.18. The predicted molar refractivity (Wildman–Crippen MR) is 78.1 cm³/mol. The number of hydrogen-bond acceptors (Lipinski definition) is 4. The molecule has 0 saturated heterocycles. The number of ether oxygens (including phenoxy) is 1. The maximum absolute atomic E-state index is 11.8. The van der Waals surface area contributed by atoms with E-state index in [0.29, 0.717) is 13.0 Å².